The van der Waals surface area contributed by atoms with Crippen LogP contribution in [-0.2, 0) is 9.30 Å². The first-order valence-corrected chi connectivity index (χ1v) is 8.32. The Morgan fingerprint density at radius 2 is 2.08 bits per heavy atom. The standard InChI is InChI=1S/C12H16N5O4P.2Na/c1-7-2-8(3-9(7)21-6-22(18,19)20)17-5-16-10-11(13)14-4-15-12(10)17;;/h2,4-5,8-9H,3,6H2,1H3,(H2,13,14,15)(H2,18,19,20);;/q;2*+1/p-2/t8-,9-;;/m0../s1. The Morgan fingerprint density at radius 3 is 2.75 bits per heavy atom. The second-order valence-electron chi connectivity index (χ2n) is 5.19. The van der Waals surface area contributed by atoms with E-state index in [1.165, 1.54) is 6.33 Å². The number of aromatic nitrogens is 4. The molecule has 0 aromatic carbocycles. The maximum atomic E-state index is 10.7. The average molecular weight is 369 g/mol. The minimum atomic E-state index is -4.68. The van der Waals surface area contributed by atoms with Crippen molar-refractivity contribution in [2.75, 3.05) is 12.1 Å². The monoisotopic (exact) mass is 369 g/mol. The molecule has 9 nitrogen and oxygen atoms in total. The topological polar surface area (TPSA) is 142 Å². The van der Waals surface area contributed by atoms with Gasteiger partial charge in [0.25, 0.3) is 0 Å². The summed E-state index contributed by atoms with van der Waals surface area (Å²) in [5.41, 5.74) is 7.73. The molecule has 0 unspecified atom stereocenters. The zero-order valence-corrected chi connectivity index (χ0v) is 18.6. The molecule has 1 aliphatic rings. The zero-order chi connectivity index (χ0) is 15.9. The first-order valence-electron chi connectivity index (χ1n) is 6.59. The predicted octanol–water partition coefficient (Wildman–Crippen LogP) is -6.44. The molecule has 3 rings (SSSR count). The third kappa shape index (κ3) is 4.88. The number of ether oxygens (including phenoxy) is 1. The molecule has 2 N–H and O–H groups in total. The molecule has 2 heterocycles. The molecule has 0 amide bonds. The molecule has 0 spiro atoms. The maximum Gasteiger partial charge on any atom is 1.00 e. The number of nitrogens with zero attached hydrogens (tertiary/aromatic N) is 4. The molecule has 24 heavy (non-hydrogen) atoms. The molecule has 0 aliphatic heterocycles. The number of fused-ring (bicyclic) bond motifs is 1. The van der Waals surface area contributed by atoms with Crippen LogP contribution >= 0.6 is 7.60 Å². The molecule has 2 atom stereocenters. The van der Waals surface area contributed by atoms with Crippen molar-refractivity contribution in [3.63, 3.8) is 0 Å². The molecule has 12 heteroatoms. The number of nitrogen functional groups attached to an aromatic ring is 1. The van der Waals surface area contributed by atoms with Crippen LogP contribution < -0.4 is 74.6 Å². The van der Waals surface area contributed by atoms with E-state index in [9.17, 15) is 14.4 Å². The van der Waals surface area contributed by atoms with Crippen LogP contribution in [0.5, 0.6) is 0 Å². The fourth-order valence-corrected chi connectivity index (χ4v) is 2.93. The van der Waals surface area contributed by atoms with Gasteiger partial charge in [-0.2, -0.15) is 0 Å². The van der Waals surface area contributed by atoms with Crippen molar-refractivity contribution in [1.82, 2.24) is 19.5 Å². The molecular formula is C12H14N5Na2O4P. The van der Waals surface area contributed by atoms with Crippen molar-refractivity contribution in [2.24, 2.45) is 0 Å². The summed E-state index contributed by atoms with van der Waals surface area (Å²) in [6.07, 6.45) is 4.18. The molecule has 0 saturated heterocycles. The van der Waals surface area contributed by atoms with Gasteiger partial charge in [0.2, 0.25) is 0 Å². The van der Waals surface area contributed by atoms with Crippen LogP contribution in [0.25, 0.3) is 11.2 Å². The van der Waals surface area contributed by atoms with E-state index < -0.39 is 20.0 Å². The smallest absolute Gasteiger partial charge is 0.809 e. The average Bonchev–Trinajstić information content (AvgIpc) is 3.00. The Balaban J connectivity index is 0.00000144. The fourth-order valence-electron chi connectivity index (χ4n) is 2.57. The van der Waals surface area contributed by atoms with Crippen molar-refractivity contribution < 1.29 is 78.2 Å². The number of rotatable bonds is 4. The number of imidazole rings is 1. The minimum absolute atomic E-state index is 0. The molecule has 1 aliphatic carbocycles. The molecule has 0 radical (unpaired) electrons. The van der Waals surface area contributed by atoms with Crippen LogP contribution in [0.1, 0.15) is 19.4 Å². The molecular weight excluding hydrogens is 355 g/mol. The van der Waals surface area contributed by atoms with Crippen LogP contribution in [0.2, 0.25) is 0 Å². The van der Waals surface area contributed by atoms with E-state index in [1.54, 1.807) is 6.33 Å². The molecule has 118 valence electrons. The van der Waals surface area contributed by atoms with Crippen LogP contribution in [0.4, 0.5) is 5.82 Å². The van der Waals surface area contributed by atoms with Gasteiger partial charge in [0, 0.05) is 6.42 Å². The number of anilines is 1. The quantitative estimate of drug-likeness (QED) is 0.319. The van der Waals surface area contributed by atoms with E-state index in [1.807, 2.05) is 17.6 Å². The van der Waals surface area contributed by atoms with E-state index >= 15 is 0 Å². The van der Waals surface area contributed by atoms with Gasteiger partial charge >= 0.3 is 59.1 Å². The fraction of sp³-hybridized carbons (Fsp3) is 0.417. The van der Waals surface area contributed by atoms with Gasteiger partial charge in [0.15, 0.2) is 11.5 Å². The molecule has 2 aromatic heterocycles. The Labute approximate surface area is 182 Å². The second kappa shape index (κ2) is 8.73. The van der Waals surface area contributed by atoms with Gasteiger partial charge in [0.05, 0.1) is 24.8 Å². The number of hydrogen-bond donors (Lipinski definition) is 1. The summed E-state index contributed by atoms with van der Waals surface area (Å²) in [6, 6.07) is -0.0954. The third-order valence-electron chi connectivity index (χ3n) is 3.60. The van der Waals surface area contributed by atoms with Gasteiger partial charge in [-0.25, -0.2) is 15.0 Å². The van der Waals surface area contributed by atoms with E-state index in [-0.39, 0.29) is 65.2 Å². The third-order valence-corrected chi connectivity index (χ3v) is 4.06. The van der Waals surface area contributed by atoms with Gasteiger partial charge in [-0.3, -0.25) is 0 Å². The van der Waals surface area contributed by atoms with Crippen molar-refractivity contribution in [1.29, 1.82) is 0 Å². The first kappa shape index (κ1) is 22.2. The maximum absolute atomic E-state index is 10.7. The van der Waals surface area contributed by atoms with Crippen molar-refractivity contribution in [3.05, 3.63) is 24.3 Å². The second-order valence-corrected chi connectivity index (χ2v) is 6.67. The summed E-state index contributed by atoms with van der Waals surface area (Å²) >= 11 is 0. The minimum Gasteiger partial charge on any atom is -0.809 e. The molecule has 0 saturated carbocycles. The van der Waals surface area contributed by atoms with Crippen molar-refractivity contribution in [3.8, 4) is 0 Å². The van der Waals surface area contributed by atoms with Gasteiger partial charge in [-0.1, -0.05) is 6.08 Å². The van der Waals surface area contributed by atoms with E-state index in [0.717, 1.165) is 5.57 Å². The van der Waals surface area contributed by atoms with Crippen LogP contribution in [0, 0.1) is 0 Å². The summed E-state index contributed by atoms with van der Waals surface area (Å²) < 4.78 is 17.7. The van der Waals surface area contributed by atoms with Gasteiger partial charge in [-0.05, 0) is 20.1 Å². The summed E-state index contributed by atoms with van der Waals surface area (Å²) in [4.78, 5) is 33.7. The summed E-state index contributed by atoms with van der Waals surface area (Å²) in [5, 5.41) is 0. The van der Waals surface area contributed by atoms with Crippen molar-refractivity contribution in [2.45, 2.75) is 25.5 Å². The SMILES string of the molecule is CC1=C[C@H](n2cnc3c(N)ncnc32)C[C@@H]1OCP(=O)([O-])[O-].[Na+].[Na+]. The van der Waals surface area contributed by atoms with E-state index in [0.29, 0.717) is 23.4 Å². The number of hydrogen-bond acceptors (Lipinski definition) is 8. The molecule has 0 bridgehead atoms. The van der Waals surface area contributed by atoms with Gasteiger partial charge in [0.1, 0.15) is 11.8 Å². The summed E-state index contributed by atoms with van der Waals surface area (Å²) in [7, 11) is -4.68. The van der Waals surface area contributed by atoms with Crippen LogP contribution in [0.15, 0.2) is 24.3 Å². The first-order chi connectivity index (χ1) is 10.3. The number of nitrogens with two attached hydrogens (primary N) is 1. The van der Waals surface area contributed by atoms with Gasteiger partial charge in [-0.15, -0.1) is 0 Å². The van der Waals surface area contributed by atoms with E-state index in [2.05, 4.69) is 15.0 Å². The summed E-state index contributed by atoms with van der Waals surface area (Å²) in [5.74, 6) is 0.300. The normalized spacial score (nSPS) is 20.4. The number of allylic oxidation sites excluding steroid dienone is 1. The zero-order valence-electron chi connectivity index (χ0n) is 13.7. The molecule has 2 aromatic rings. The van der Waals surface area contributed by atoms with Crippen molar-refractivity contribution >= 4 is 24.6 Å². The Hall–Kier alpha value is 0.200. The predicted molar refractivity (Wildman–Crippen MR) is 74.5 cm³/mol. The van der Waals surface area contributed by atoms with Gasteiger partial charge < -0.3 is 29.4 Å². The largest absolute Gasteiger partial charge is 1.00 e. The molecule has 0 fully saturated rings. The van der Waals surface area contributed by atoms with E-state index in [4.69, 9.17) is 10.5 Å². The van der Waals surface area contributed by atoms with Crippen LogP contribution in [0.3, 0.4) is 0 Å². The Morgan fingerprint density at radius 1 is 1.38 bits per heavy atom. The Bertz CT molecular complexity index is 793. The van der Waals surface area contributed by atoms with Crippen LogP contribution in [-0.4, -0.2) is 32.0 Å². The summed E-state index contributed by atoms with van der Waals surface area (Å²) in [6.45, 7) is 1.83. The Kier molecular flexibility index (Phi) is 8.09.